The van der Waals surface area contributed by atoms with Gasteiger partial charge in [0.05, 0.1) is 6.04 Å². The number of fused-ring (bicyclic) bond motifs is 2. The highest BCUT2D eigenvalue weighted by Gasteiger charge is 2.36. The first kappa shape index (κ1) is 18.8. The summed E-state index contributed by atoms with van der Waals surface area (Å²) in [5.41, 5.74) is 2.36. The highest BCUT2D eigenvalue weighted by Crippen LogP contribution is 2.40. The third-order valence-corrected chi connectivity index (χ3v) is 6.40. The van der Waals surface area contributed by atoms with Crippen LogP contribution in [0.15, 0.2) is 84.9 Å². The van der Waals surface area contributed by atoms with E-state index in [-0.39, 0.29) is 6.04 Å². The number of carbonyl (C=O) groups is 1. The molecule has 3 nitrogen and oxygen atoms in total. The van der Waals surface area contributed by atoms with Crippen LogP contribution in [-0.2, 0) is 4.79 Å². The number of carboxylic acid groups (broad SMARTS) is 1. The van der Waals surface area contributed by atoms with E-state index in [0.717, 1.165) is 19.4 Å². The van der Waals surface area contributed by atoms with E-state index >= 15 is 0 Å². The van der Waals surface area contributed by atoms with Crippen LogP contribution in [0.25, 0.3) is 21.5 Å². The number of hydrogen-bond acceptors (Lipinski definition) is 2. The lowest BCUT2D eigenvalue weighted by atomic mass is 9.87. The summed E-state index contributed by atoms with van der Waals surface area (Å²) in [6, 6.07) is 29.0. The summed E-state index contributed by atoms with van der Waals surface area (Å²) in [6.07, 6.45) is 2.68. The van der Waals surface area contributed by atoms with E-state index in [2.05, 4.69) is 89.8 Å². The van der Waals surface area contributed by atoms with Crippen molar-refractivity contribution in [3.63, 3.8) is 0 Å². The quantitative estimate of drug-likeness (QED) is 0.459. The smallest absolute Gasteiger partial charge is 0.320 e. The molecule has 30 heavy (non-hydrogen) atoms. The van der Waals surface area contributed by atoms with E-state index in [4.69, 9.17) is 0 Å². The van der Waals surface area contributed by atoms with Gasteiger partial charge in [0.1, 0.15) is 6.04 Å². The number of hydrogen-bond donors (Lipinski definition) is 1. The summed E-state index contributed by atoms with van der Waals surface area (Å²) < 4.78 is 0. The van der Waals surface area contributed by atoms with Crippen LogP contribution in [0.1, 0.15) is 36.4 Å². The maximum atomic E-state index is 12.2. The molecule has 1 saturated heterocycles. The van der Waals surface area contributed by atoms with Crippen molar-refractivity contribution in [2.45, 2.75) is 31.3 Å². The molecule has 1 heterocycles. The minimum absolute atomic E-state index is 0.108. The zero-order valence-corrected chi connectivity index (χ0v) is 16.9. The normalized spacial score (nSPS) is 17.6. The van der Waals surface area contributed by atoms with Crippen LogP contribution in [0.3, 0.4) is 0 Å². The van der Waals surface area contributed by atoms with Crippen molar-refractivity contribution in [3.05, 3.63) is 96.1 Å². The van der Waals surface area contributed by atoms with Crippen molar-refractivity contribution in [2.75, 3.05) is 6.54 Å². The van der Waals surface area contributed by atoms with Gasteiger partial charge in [-0.3, -0.25) is 9.69 Å². The molecule has 1 unspecified atom stereocenters. The van der Waals surface area contributed by atoms with Crippen molar-refractivity contribution < 1.29 is 9.90 Å². The Labute approximate surface area is 176 Å². The molecule has 0 radical (unpaired) electrons. The standard InChI is InChI=1S/C27H25NO2/c29-27(30)25-17-5-6-18-28(25)26(23-15-7-11-19-9-1-3-13-21(19)23)24-16-8-12-20-10-2-4-14-22(20)24/h1-4,7-16,25-26H,5-6,17-18H2,(H,29,30). The first-order valence-electron chi connectivity index (χ1n) is 10.7. The Hall–Kier alpha value is -3.17. The molecule has 0 bridgehead atoms. The average Bonchev–Trinajstić information content (AvgIpc) is 2.80. The summed E-state index contributed by atoms with van der Waals surface area (Å²) in [6.45, 7) is 0.786. The first-order valence-corrected chi connectivity index (χ1v) is 10.7. The van der Waals surface area contributed by atoms with Crippen LogP contribution < -0.4 is 0 Å². The third-order valence-electron chi connectivity index (χ3n) is 6.40. The fourth-order valence-electron chi connectivity index (χ4n) is 5.03. The molecule has 1 aliphatic heterocycles. The van der Waals surface area contributed by atoms with E-state index in [1.165, 1.54) is 32.7 Å². The predicted molar refractivity (Wildman–Crippen MR) is 122 cm³/mol. The number of carboxylic acids is 1. The monoisotopic (exact) mass is 395 g/mol. The summed E-state index contributed by atoms with van der Waals surface area (Å²) in [5.74, 6) is -0.722. The van der Waals surface area contributed by atoms with Gasteiger partial charge in [-0.1, -0.05) is 91.3 Å². The first-order chi connectivity index (χ1) is 14.7. The molecule has 3 heteroatoms. The molecule has 4 aromatic carbocycles. The number of nitrogens with zero attached hydrogens (tertiary/aromatic N) is 1. The molecule has 1 aliphatic rings. The van der Waals surface area contributed by atoms with Gasteiger partial charge in [0.2, 0.25) is 0 Å². The summed E-state index contributed by atoms with van der Waals surface area (Å²) >= 11 is 0. The van der Waals surface area contributed by atoms with Crippen molar-refractivity contribution in [1.29, 1.82) is 0 Å². The molecular weight excluding hydrogens is 370 g/mol. The fraction of sp³-hybridized carbons (Fsp3) is 0.222. The predicted octanol–water partition coefficient (Wildman–Crippen LogP) is 6.02. The molecule has 1 atom stereocenters. The third kappa shape index (κ3) is 3.25. The number of benzene rings is 4. The zero-order valence-electron chi connectivity index (χ0n) is 16.9. The minimum atomic E-state index is -0.722. The highest BCUT2D eigenvalue weighted by molar-refractivity contribution is 5.90. The second-order valence-corrected chi connectivity index (χ2v) is 8.13. The van der Waals surface area contributed by atoms with Crippen molar-refractivity contribution in [2.24, 2.45) is 0 Å². The van der Waals surface area contributed by atoms with Gasteiger partial charge >= 0.3 is 5.97 Å². The largest absolute Gasteiger partial charge is 0.480 e. The van der Waals surface area contributed by atoms with E-state index < -0.39 is 12.0 Å². The summed E-state index contributed by atoms with van der Waals surface area (Å²) in [5, 5.41) is 14.8. The molecule has 0 aromatic heterocycles. The van der Waals surface area contributed by atoms with Gasteiger partial charge in [-0.2, -0.15) is 0 Å². The summed E-state index contributed by atoms with van der Waals surface area (Å²) in [4.78, 5) is 14.4. The number of piperidine rings is 1. The van der Waals surface area contributed by atoms with Crippen LogP contribution >= 0.6 is 0 Å². The Balaban J connectivity index is 1.79. The Bertz CT molecular complexity index is 1130. The van der Waals surface area contributed by atoms with Crippen LogP contribution in [0, 0.1) is 0 Å². The number of aliphatic carboxylic acids is 1. The van der Waals surface area contributed by atoms with E-state index in [1.54, 1.807) is 0 Å². The Kier molecular flexibility index (Phi) is 4.97. The second kappa shape index (κ2) is 7.92. The van der Waals surface area contributed by atoms with Gasteiger partial charge in [0, 0.05) is 0 Å². The molecule has 0 amide bonds. The van der Waals surface area contributed by atoms with Gasteiger partial charge in [0.25, 0.3) is 0 Å². The zero-order chi connectivity index (χ0) is 20.5. The van der Waals surface area contributed by atoms with Crippen molar-refractivity contribution in [1.82, 2.24) is 4.90 Å². The van der Waals surface area contributed by atoms with Crippen molar-refractivity contribution in [3.8, 4) is 0 Å². The van der Waals surface area contributed by atoms with Gasteiger partial charge < -0.3 is 5.11 Å². The van der Waals surface area contributed by atoms with Crippen LogP contribution in [0.4, 0.5) is 0 Å². The lowest BCUT2D eigenvalue weighted by Gasteiger charge is -2.40. The lowest BCUT2D eigenvalue weighted by Crippen LogP contribution is -2.46. The number of likely N-dealkylation sites (tertiary alicyclic amines) is 1. The Morgan fingerprint density at radius 2 is 1.30 bits per heavy atom. The molecule has 1 N–H and O–H groups in total. The Morgan fingerprint density at radius 3 is 1.87 bits per heavy atom. The molecule has 4 aromatic rings. The van der Waals surface area contributed by atoms with Gasteiger partial charge in [-0.25, -0.2) is 0 Å². The average molecular weight is 396 g/mol. The maximum Gasteiger partial charge on any atom is 0.320 e. The molecule has 1 fully saturated rings. The van der Waals surface area contributed by atoms with Crippen molar-refractivity contribution >= 4 is 27.5 Å². The molecule has 0 saturated carbocycles. The maximum absolute atomic E-state index is 12.2. The highest BCUT2D eigenvalue weighted by atomic mass is 16.4. The van der Waals surface area contributed by atoms with Gasteiger partial charge in [0.15, 0.2) is 0 Å². The van der Waals surface area contributed by atoms with Crippen LogP contribution in [-0.4, -0.2) is 28.6 Å². The minimum Gasteiger partial charge on any atom is -0.480 e. The van der Waals surface area contributed by atoms with E-state index in [9.17, 15) is 9.90 Å². The molecule has 5 rings (SSSR count). The topological polar surface area (TPSA) is 40.5 Å². The lowest BCUT2D eigenvalue weighted by molar-refractivity contribution is -0.145. The van der Waals surface area contributed by atoms with Gasteiger partial charge in [-0.05, 0) is 52.1 Å². The Morgan fingerprint density at radius 1 is 0.767 bits per heavy atom. The molecule has 0 aliphatic carbocycles. The van der Waals surface area contributed by atoms with Crippen LogP contribution in [0.2, 0.25) is 0 Å². The van der Waals surface area contributed by atoms with Gasteiger partial charge in [-0.15, -0.1) is 0 Å². The molecule has 150 valence electrons. The summed E-state index contributed by atoms with van der Waals surface area (Å²) in [7, 11) is 0. The van der Waals surface area contributed by atoms with E-state index in [1.807, 2.05) is 0 Å². The molecule has 0 spiro atoms. The second-order valence-electron chi connectivity index (χ2n) is 8.13. The molecular formula is C27H25NO2. The van der Waals surface area contributed by atoms with E-state index in [0.29, 0.717) is 6.42 Å². The van der Waals surface area contributed by atoms with Crippen LogP contribution in [0.5, 0.6) is 0 Å². The number of rotatable bonds is 4. The fourth-order valence-corrected chi connectivity index (χ4v) is 5.03. The SMILES string of the molecule is O=C(O)C1CCCCN1C(c1cccc2ccccc12)c1cccc2ccccc12.